The number of aromatic nitrogens is 1. The molecule has 0 fully saturated rings. The fourth-order valence-corrected chi connectivity index (χ4v) is 3.36. The number of nitrogens with zero attached hydrogens (tertiary/aromatic N) is 3. The van der Waals surface area contributed by atoms with Gasteiger partial charge in [-0.25, -0.2) is 4.98 Å². The molecule has 7 heteroatoms. The largest absolute Gasteiger partial charge is 0.490 e. The number of aliphatic imine (C=N–C) groups is 1. The van der Waals surface area contributed by atoms with Crippen LogP contribution in [0.4, 0.5) is 0 Å². The Bertz CT molecular complexity index is 745. The Morgan fingerprint density at radius 3 is 2.59 bits per heavy atom. The summed E-state index contributed by atoms with van der Waals surface area (Å²) in [5.41, 5.74) is 2.26. The highest BCUT2D eigenvalue weighted by Gasteiger charge is 2.10. The van der Waals surface area contributed by atoms with Gasteiger partial charge in [0.15, 0.2) is 17.5 Å². The van der Waals surface area contributed by atoms with E-state index < -0.39 is 0 Å². The minimum atomic E-state index is 0.620. The number of thiazole rings is 1. The van der Waals surface area contributed by atoms with Crippen LogP contribution in [0.2, 0.25) is 0 Å². The van der Waals surface area contributed by atoms with Gasteiger partial charge in [0.2, 0.25) is 0 Å². The number of ether oxygens (including phenoxy) is 2. The van der Waals surface area contributed by atoms with Crippen LogP contribution in [0.5, 0.6) is 11.5 Å². The molecule has 27 heavy (non-hydrogen) atoms. The highest BCUT2D eigenvalue weighted by Crippen LogP contribution is 2.28. The lowest BCUT2D eigenvalue weighted by Crippen LogP contribution is -2.39. The molecular weight excluding hydrogens is 360 g/mol. The van der Waals surface area contributed by atoms with E-state index in [0.717, 1.165) is 47.7 Å². The number of benzene rings is 1. The van der Waals surface area contributed by atoms with Gasteiger partial charge < -0.3 is 19.7 Å². The molecule has 148 valence electrons. The first-order valence-electron chi connectivity index (χ1n) is 9.28. The maximum atomic E-state index is 5.70. The third kappa shape index (κ3) is 6.43. The second-order valence-corrected chi connectivity index (χ2v) is 7.15. The number of guanidine groups is 1. The monoisotopic (exact) mass is 390 g/mol. The van der Waals surface area contributed by atoms with Gasteiger partial charge in [0.25, 0.3) is 0 Å². The summed E-state index contributed by atoms with van der Waals surface area (Å²) >= 11 is 1.67. The average Bonchev–Trinajstić information content (AvgIpc) is 3.05. The van der Waals surface area contributed by atoms with E-state index in [9.17, 15) is 0 Å². The average molecular weight is 391 g/mol. The van der Waals surface area contributed by atoms with E-state index in [2.05, 4.69) is 37.7 Å². The molecule has 0 aliphatic rings. The van der Waals surface area contributed by atoms with Gasteiger partial charge in [-0.2, -0.15) is 0 Å². The molecule has 0 aliphatic heterocycles. The van der Waals surface area contributed by atoms with Crippen molar-refractivity contribution in [3.8, 4) is 11.5 Å². The second kappa shape index (κ2) is 10.8. The molecule has 6 nitrogen and oxygen atoms in total. The van der Waals surface area contributed by atoms with Crippen LogP contribution >= 0.6 is 11.3 Å². The van der Waals surface area contributed by atoms with E-state index in [0.29, 0.717) is 13.2 Å². The van der Waals surface area contributed by atoms with Crippen molar-refractivity contribution in [1.29, 1.82) is 0 Å². The van der Waals surface area contributed by atoms with Crippen LogP contribution in [0.3, 0.4) is 0 Å². The molecule has 0 bridgehead atoms. The van der Waals surface area contributed by atoms with Gasteiger partial charge in [-0.3, -0.25) is 4.99 Å². The minimum absolute atomic E-state index is 0.620. The maximum absolute atomic E-state index is 5.70. The zero-order chi connectivity index (χ0) is 19.6. The van der Waals surface area contributed by atoms with Gasteiger partial charge in [-0.15, -0.1) is 11.3 Å². The molecule has 0 unspecified atom stereocenters. The molecule has 0 saturated heterocycles. The van der Waals surface area contributed by atoms with E-state index in [1.807, 2.05) is 33.9 Å². The van der Waals surface area contributed by atoms with Crippen LogP contribution in [-0.4, -0.2) is 49.7 Å². The Labute approximate surface area is 166 Å². The van der Waals surface area contributed by atoms with E-state index in [-0.39, 0.29) is 0 Å². The predicted octanol–water partition coefficient (Wildman–Crippen LogP) is 3.50. The Morgan fingerprint density at radius 1 is 1.22 bits per heavy atom. The van der Waals surface area contributed by atoms with Crippen molar-refractivity contribution < 1.29 is 9.47 Å². The molecule has 0 aliphatic carbocycles. The summed E-state index contributed by atoms with van der Waals surface area (Å²) in [6.45, 7) is 8.75. The summed E-state index contributed by atoms with van der Waals surface area (Å²) in [7, 11) is 3.82. The first-order valence-corrected chi connectivity index (χ1v) is 10.2. The third-order valence-electron chi connectivity index (χ3n) is 3.94. The number of hydrogen-bond donors (Lipinski definition) is 1. The molecule has 2 aromatic rings. The summed E-state index contributed by atoms with van der Waals surface area (Å²) < 4.78 is 11.3. The Hall–Kier alpha value is -2.28. The Balaban J connectivity index is 1.90. The zero-order valence-corrected chi connectivity index (χ0v) is 17.7. The van der Waals surface area contributed by atoms with Crippen molar-refractivity contribution in [1.82, 2.24) is 15.2 Å². The molecule has 0 radical (unpaired) electrons. The summed E-state index contributed by atoms with van der Waals surface area (Å²) in [5.74, 6) is 2.46. The van der Waals surface area contributed by atoms with Gasteiger partial charge in [0.05, 0.1) is 30.5 Å². The molecule has 1 N–H and O–H groups in total. The van der Waals surface area contributed by atoms with Crippen LogP contribution in [0, 0.1) is 6.92 Å². The molecular formula is C20H30N4O2S. The minimum Gasteiger partial charge on any atom is -0.490 e. The number of aryl methyl sites for hydroxylation is 1. The van der Waals surface area contributed by atoms with E-state index in [1.54, 1.807) is 18.4 Å². The molecule has 0 atom stereocenters. The molecule has 0 spiro atoms. The molecule has 0 saturated carbocycles. The van der Waals surface area contributed by atoms with Gasteiger partial charge in [0.1, 0.15) is 0 Å². The lowest BCUT2D eigenvalue weighted by molar-refractivity contribution is 0.287. The Morgan fingerprint density at radius 2 is 1.96 bits per heavy atom. The number of rotatable bonds is 9. The van der Waals surface area contributed by atoms with E-state index in [1.165, 1.54) is 5.56 Å². The van der Waals surface area contributed by atoms with Crippen molar-refractivity contribution in [2.45, 2.75) is 33.7 Å². The zero-order valence-electron chi connectivity index (χ0n) is 16.9. The summed E-state index contributed by atoms with van der Waals surface area (Å²) in [4.78, 5) is 11.0. The van der Waals surface area contributed by atoms with Gasteiger partial charge >= 0.3 is 0 Å². The lowest BCUT2D eigenvalue weighted by atomic mass is 10.1. The van der Waals surface area contributed by atoms with Crippen molar-refractivity contribution in [3.63, 3.8) is 0 Å². The molecule has 2 rings (SSSR count). The molecule has 1 aromatic carbocycles. The van der Waals surface area contributed by atoms with Gasteiger partial charge in [-0.05, 0) is 44.9 Å². The molecule has 1 aromatic heterocycles. The van der Waals surface area contributed by atoms with Crippen molar-refractivity contribution in [2.24, 2.45) is 4.99 Å². The van der Waals surface area contributed by atoms with Crippen LogP contribution < -0.4 is 14.8 Å². The Kier molecular flexibility index (Phi) is 8.39. The maximum Gasteiger partial charge on any atom is 0.193 e. The van der Waals surface area contributed by atoms with E-state index >= 15 is 0 Å². The van der Waals surface area contributed by atoms with Crippen LogP contribution in [-0.2, 0) is 13.0 Å². The summed E-state index contributed by atoms with van der Waals surface area (Å²) in [6, 6.07) is 6.12. The highest BCUT2D eigenvalue weighted by atomic mass is 32.1. The van der Waals surface area contributed by atoms with Crippen LogP contribution in [0.25, 0.3) is 0 Å². The SMILES string of the molecule is CCOc1ccc(CCNC(=NC)N(C)Cc2csc(C)n2)cc1OCC. The van der Waals surface area contributed by atoms with Crippen LogP contribution in [0.15, 0.2) is 28.6 Å². The summed E-state index contributed by atoms with van der Waals surface area (Å²) in [5, 5.41) is 6.59. The normalized spacial score (nSPS) is 11.4. The predicted molar refractivity (Wildman–Crippen MR) is 112 cm³/mol. The first-order chi connectivity index (χ1) is 13.1. The van der Waals surface area contributed by atoms with Crippen molar-refractivity contribution in [2.75, 3.05) is 33.9 Å². The third-order valence-corrected chi connectivity index (χ3v) is 4.77. The lowest BCUT2D eigenvalue weighted by Gasteiger charge is -2.21. The number of nitrogens with one attached hydrogen (secondary N) is 1. The first kappa shape index (κ1) is 21.0. The topological polar surface area (TPSA) is 59.0 Å². The van der Waals surface area contributed by atoms with Crippen LogP contribution in [0.1, 0.15) is 30.1 Å². The fourth-order valence-electron chi connectivity index (χ4n) is 2.75. The highest BCUT2D eigenvalue weighted by molar-refractivity contribution is 7.09. The van der Waals surface area contributed by atoms with E-state index in [4.69, 9.17) is 9.47 Å². The van der Waals surface area contributed by atoms with Crippen molar-refractivity contribution in [3.05, 3.63) is 39.8 Å². The van der Waals surface area contributed by atoms with Crippen molar-refractivity contribution >= 4 is 17.3 Å². The van der Waals surface area contributed by atoms with Gasteiger partial charge in [-0.1, -0.05) is 6.07 Å². The fraction of sp³-hybridized carbons (Fsp3) is 0.500. The smallest absolute Gasteiger partial charge is 0.193 e. The quantitative estimate of drug-likeness (QED) is 0.525. The van der Waals surface area contributed by atoms with Gasteiger partial charge in [0, 0.05) is 26.0 Å². The molecule has 1 heterocycles. The summed E-state index contributed by atoms with van der Waals surface area (Å²) in [6.07, 6.45) is 0.870. The molecule has 0 amide bonds. The standard InChI is InChI=1S/C20H30N4O2S/c1-6-25-18-9-8-16(12-19(18)26-7-2)10-11-22-20(21-4)24(5)13-17-14-27-15(3)23-17/h8-9,12,14H,6-7,10-11,13H2,1-5H3,(H,21,22). The second-order valence-electron chi connectivity index (χ2n) is 6.09. The number of hydrogen-bond acceptors (Lipinski definition) is 5.